The van der Waals surface area contributed by atoms with Crippen LogP contribution in [0.2, 0.25) is 0 Å². The average Bonchev–Trinajstić information content (AvgIpc) is 2.85. The fourth-order valence-corrected chi connectivity index (χ4v) is 4.15. The highest BCUT2D eigenvalue weighted by atomic mass is 16.5. The second-order valence-corrected chi connectivity index (χ2v) is 11.9. The lowest BCUT2D eigenvalue weighted by Gasteiger charge is -2.28. The Morgan fingerprint density at radius 1 is 0.632 bits per heavy atom. The Morgan fingerprint density at radius 2 is 0.947 bits per heavy atom. The van der Waals surface area contributed by atoms with E-state index >= 15 is 0 Å². The van der Waals surface area contributed by atoms with Gasteiger partial charge in [-0.2, -0.15) is 0 Å². The topological polar surface area (TPSA) is 76.7 Å². The summed E-state index contributed by atoms with van der Waals surface area (Å²) in [6.45, 7) is 18.7. The maximum absolute atomic E-state index is 13.6. The first-order valence-electron chi connectivity index (χ1n) is 13.9. The Morgan fingerprint density at radius 3 is 1.21 bits per heavy atom. The predicted molar refractivity (Wildman–Crippen MR) is 156 cm³/mol. The molecule has 0 aliphatic heterocycles. The quantitative estimate of drug-likeness (QED) is 0.265. The van der Waals surface area contributed by atoms with Gasteiger partial charge in [0, 0.05) is 47.1 Å². The predicted octanol–water partition coefficient (Wildman–Crippen LogP) is 6.34. The van der Waals surface area contributed by atoms with Crippen LogP contribution in [0.5, 0.6) is 11.5 Å². The summed E-state index contributed by atoms with van der Waals surface area (Å²) in [5.74, 6) is 1.17. The van der Waals surface area contributed by atoms with Crippen molar-refractivity contribution in [2.75, 3.05) is 26.3 Å². The largest absolute Gasteiger partial charge is 0.494 e. The van der Waals surface area contributed by atoms with E-state index in [2.05, 4.69) is 52.2 Å². The van der Waals surface area contributed by atoms with Gasteiger partial charge in [-0.15, -0.1) is 0 Å². The Hall–Kier alpha value is -2.70. The fraction of sp³-hybridized carbons (Fsp3) is 0.562. The van der Waals surface area contributed by atoms with Crippen LogP contribution in [-0.2, 0) is 0 Å². The number of carbonyl (C=O) groups is 2. The highest BCUT2D eigenvalue weighted by molar-refractivity contribution is 5.99. The molecule has 0 aromatic heterocycles. The van der Waals surface area contributed by atoms with E-state index in [1.165, 1.54) is 0 Å². The first kappa shape index (κ1) is 31.5. The molecule has 6 heteroatoms. The third-order valence-corrected chi connectivity index (χ3v) is 6.26. The SMILES string of the molecule is CCOc1ccc(C(=O)[C@H](CC[C@@H](CNC(C)(C)C)C(=O)c2ccc(OCC)cc2)CNC(C)(C)C)cc1. The van der Waals surface area contributed by atoms with Crippen molar-refractivity contribution in [2.45, 2.75) is 79.3 Å². The zero-order valence-corrected chi connectivity index (χ0v) is 24.6. The van der Waals surface area contributed by atoms with Gasteiger partial charge in [-0.3, -0.25) is 9.59 Å². The standard InChI is InChI=1S/C32H48N2O4/c1-9-37-27-17-13-23(14-18-27)29(35)25(21-33-31(3,4)5)11-12-26(22-34-32(6,7)8)30(36)24-15-19-28(20-16-24)38-10-2/h13-20,25-26,33-34H,9-12,21-22H2,1-8H3/t25-,26+. The van der Waals surface area contributed by atoms with E-state index in [4.69, 9.17) is 9.47 Å². The van der Waals surface area contributed by atoms with Gasteiger partial charge in [-0.25, -0.2) is 0 Å². The summed E-state index contributed by atoms with van der Waals surface area (Å²) in [6.07, 6.45) is 1.21. The first-order valence-corrected chi connectivity index (χ1v) is 13.9. The molecule has 2 aromatic rings. The maximum Gasteiger partial charge on any atom is 0.167 e. The van der Waals surface area contributed by atoms with Gasteiger partial charge < -0.3 is 20.1 Å². The highest BCUT2D eigenvalue weighted by Gasteiger charge is 2.27. The molecular formula is C32H48N2O4. The normalized spacial score (nSPS) is 13.6. The van der Waals surface area contributed by atoms with E-state index in [0.29, 0.717) is 50.3 Å². The summed E-state index contributed by atoms with van der Waals surface area (Å²) < 4.78 is 11.1. The number of ketones is 2. The van der Waals surface area contributed by atoms with Crippen molar-refractivity contribution in [1.82, 2.24) is 10.6 Å². The molecule has 2 rings (SSSR count). The summed E-state index contributed by atoms with van der Waals surface area (Å²) in [5, 5.41) is 7.01. The number of benzene rings is 2. The van der Waals surface area contributed by atoms with Crippen molar-refractivity contribution in [3.63, 3.8) is 0 Å². The molecule has 2 aromatic carbocycles. The zero-order valence-electron chi connectivity index (χ0n) is 24.6. The smallest absolute Gasteiger partial charge is 0.167 e. The van der Waals surface area contributed by atoms with Crippen LogP contribution in [0.3, 0.4) is 0 Å². The second kappa shape index (κ2) is 14.5. The van der Waals surface area contributed by atoms with E-state index < -0.39 is 0 Å². The van der Waals surface area contributed by atoms with Crippen LogP contribution in [0, 0.1) is 11.8 Å². The number of nitrogens with one attached hydrogen (secondary N) is 2. The van der Waals surface area contributed by atoms with Crippen molar-refractivity contribution in [3.05, 3.63) is 59.7 Å². The molecule has 0 bridgehead atoms. The number of carbonyl (C=O) groups excluding carboxylic acids is 2. The number of Topliss-reactive ketones (excluding diaryl/α,β-unsaturated/α-hetero) is 2. The molecule has 6 nitrogen and oxygen atoms in total. The van der Waals surface area contributed by atoms with Crippen LogP contribution in [0.15, 0.2) is 48.5 Å². The lowest BCUT2D eigenvalue weighted by Crippen LogP contribution is -2.42. The molecule has 0 radical (unpaired) electrons. The molecule has 2 atom stereocenters. The molecule has 0 heterocycles. The number of hydrogen-bond acceptors (Lipinski definition) is 6. The molecule has 0 unspecified atom stereocenters. The van der Waals surface area contributed by atoms with Gasteiger partial charge in [0.25, 0.3) is 0 Å². The van der Waals surface area contributed by atoms with E-state index in [1.807, 2.05) is 62.4 Å². The van der Waals surface area contributed by atoms with Crippen molar-refractivity contribution < 1.29 is 19.1 Å². The monoisotopic (exact) mass is 524 g/mol. The molecular weight excluding hydrogens is 476 g/mol. The van der Waals surface area contributed by atoms with Gasteiger partial charge in [0.05, 0.1) is 13.2 Å². The van der Waals surface area contributed by atoms with Gasteiger partial charge in [0.2, 0.25) is 0 Å². The fourth-order valence-electron chi connectivity index (χ4n) is 4.15. The third kappa shape index (κ3) is 11.0. The summed E-state index contributed by atoms with van der Waals surface area (Å²) in [6, 6.07) is 14.7. The van der Waals surface area contributed by atoms with Gasteiger partial charge in [0.1, 0.15) is 11.5 Å². The van der Waals surface area contributed by atoms with Crippen LogP contribution in [0.4, 0.5) is 0 Å². The molecule has 0 spiro atoms. The molecule has 0 aliphatic rings. The molecule has 2 N–H and O–H groups in total. The molecule has 0 aliphatic carbocycles. The van der Waals surface area contributed by atoms with E-state index in [9.17, 15) is 9.59 Å². The third-order valence-electron chi connectivity index (χ3n) is 6.26. The summed E-state index contributed by atoms with van der Waals surface area (Å²) in [7, 11) is 0. The Bertz CT molecular complexity index is 918. The van der Waals surface area contributed by atoms with Crippen LogP contribution in [0.1, 0.15) is 88.9 Å². The van der Waals surface area contributed by atoms with Gasteiger partial charge in [0.15, 0.2) is 11.6 Å². The van der Waals surface area contributed by atoms with Crippen LogP contribution in [-0.4, -0.2) is 48.9 Å². The molecule has 0 fully saturated rings. The zero-order chi connectivity index (χ0) is 28.3. The molecule has 210 valence electrons. The number of hydrogen-bond donors (Lipinski definition) is 2. The van der Waals surface area contributed by atoms with E-state index in [1.54, 1.807) is 0 Å². The summed E-state index contributed by atoms with van der Waals surface area (Å²) in [5.41, 5.74) is 1.08. The Labute approximate surface area is 229 Å². The van der Waals surface area contributed by atoms with Crippen LogP contribution in [0.25, 0.3) is 0 Å². The summed E-state index contributed by atoms with van der Waals surface area (Å²) in [4.78, 5) is 27.2. The highest BCUT2D eigenvalue weighted by Crippen LogP contribution is 2.24. The van der Waals surface area contributed by atoms with E-state index in [0.717, 1.165) is 11.5 Å². The van der Waals surface area contributed by atoms with Gasteiger partial charge in [-0.05, 0) is 117 Å². The lowest BCUT2D eigenvalue weighted by molar-refractivity contribution is 0.0858. The minimum Gasteiger partial charge on any atom is -0.494 e. The molecule has 38 heavy (non-hydrogen) atoms. The minimum absolute atomic E-state index is 0.0841. The number of rotatable bonds is 15. The Kier molecular flexibility index (Phi) is 12.0. The average molecular weight is 525 g/mol. The Balaban J connectivity index is 2.24. The van der Waals surface area contributed by atoms with Crippen LogP contribution < -0.4 is 20.1 Å². The van der Waals surface area contributed by atoms with Crippen molar-refractivity contribution in [3.8, 4) is 11.5 Å². The molecule has 0 saturated heterocycles. The summed E-state index contributed by atoms with van der Waals surface area (Å²) >= 11 is 0. The molecule has 0 amide bonds. The van der Waals surface area contributed by atoms with Crippen molar-refractivity contribution >= 4 is 11.6 Å². The maximum atomic E-state index is 13.6. The number of ether oxygens (including phenoxy) is 2. The van der Waals surface area contributed by atoms with Crippen molar-refractivity contribution in [1.29, 1.82) is 0 Å². The first-order chi connectivity index (χ1) is 17.8. The second-order valence-electron chi connectivity index (χ2n) is 11.9. The van der Waals surface area contributed by atoms with E-state index in [-0.39, 0.29) is 34.5 Å². The molecule has 0 saturated carbocycles. The minimum atomic E-state index is -0.252. The van der Waals surface area contributed by atoms with Gasteiger partial charge >= 0.3 is 0 Å². The lowest BCUT2D eigenvalue weighted by atomic mass is 9.85. The van der Waals surface area contributed by atoms with Gasteiger partial charge in [-0.1, -0.05) is 0 Å². The van der Waals surface area contributed by atoms with Crippen LogP contribution >= 0.6 is 0 Å². The van der Waals surface area contributed by atoms with Crippen molar-refractivity contribution in [2.24, 2.45) is 11.8 Å².